The molecule has 5 heteroatoms. The molecule has 3 aromatic rings. The molecular weight excluding hydrogens is 332 g/mol. The number of aromatic nitrogens is 1. The van der Waals surface area contributed by atoms with Gasteiger partial charge in [-0.25, -0.2) is 4.98 Å². The second-order valence-corrected chi connectivity index (χ2v) is 6.62. The third-order valence-corrected chi connectivity index (χ3v) is 4.84. The first kappa shape index (κ1) is 17.2. The molecule has 0 saturated heterocycles. The minimum absolute atomic E-state index is 0.0180. The highest BCUT2D eigenvalue weighted by atomic mass is 32.1. The Hall–Kier alpha value is -2.66. The molecule has 25 heavy (non-hydrogen) atoms. The summed E-state index contributed by atoms with van der Waals surface area (Å²) in [5.74, 6) is 0.769. The van der Waals surface area contributed by atoms with Crippen LogP contribution in [0.1, 0.15) is 16.8 Å². The van der Waals surface area contributed by atoms with Crippen LogP contribution in [0, 0.1) is 6.92 Å². The van der Waals surface area contributed by atoms with E-state index in [0.717, 1.165) is 27.6 Å². The molecule has 0 unspecified atom stereocenters. The van der Waals surface area contributed by atoms with Gasteiger partial charge in [0.05, 0.1) is 25.8 Å². The number of nitrogens with zero attached hydrogens (tertiary/aromatic N) is 1. The van der Waals surface area contributed by atoms with E-state index in [1.54, 1.807) is 18.4 Å². The van der Waals surface area contributed by atoms with Gasteiger partial charge < -0.3 is 10.1 Å². The number of aryl methyl sites for hydroxylation is 1. The molecule has 0 aliphatic rings. The average molecular weight is 352 g/mol. The Balaban J connectivity index is 1.56. The molecule has 0 spiro atoms. The number of amides is 1. The summed E-state index contributed by atoms with van der Waals surface area (Å²) in [7, 11) is 1.63. The Kier molecular flexibility index (Phi) is 5.46. The molecule has 2 aromatic carbocycles. The molecular formula is C20H20N2O2S. The molecule has 0 radical (unpaired) electrons. The number of carbonyl (C=O) groups is 1. The Morgan fingerprint density at radius 3 is 2.64 bits per heavy atom. The number of carbonyl (C=O) groups excluding carboxylic acids is 1. The van der Waals surface area contributed by atoms with Crippen molar-refractivity contribution < 1.29 is 9.53 Å². The van der Waals surface area contributed by atoms with E-state index in [9.17, 15) is 4.79 Å². The summed E-state index contributed by atoms with van der Waals surface area (Å²) in [6.07, 6.45) is 0.346. The standard InChI is InChI=1S/C20H20N2O2S/c1-14-5-3-4-6-18(14)20-22-16(13-25-20)12-21-19(23)11-15-7-9-17(24-2)10-8-15/h3-10,13H,11-12H2,1-2H3,(H,21,23). The number of benzene rings is 2. The second-order valence-electron chi connectivity index (χ2n) is 5.76. The van der Waals surface area contributed by atoms with Crippen molar-refractivity contribution in [3.8, 4) is 16.3 Å². The minimum Gasteiger partial charge on any atom is -0.497 e. The molecule has 0 atom stereocenters. The van der Waals surface area contributed by atoms with Crippen LogP contribution in [0.15, 0.2) is 53.9 Å². The van der Waals surface area contributed by atoms with E-state index in [1.165, 1.54) is 5.56 Å². The van der Waals surface area contributed by atoms with Crippen LogP contribution >= 0.6 is 11.3 Å². The summed E-state index contributed by atoms with van der Waals surface area (Å²) in [6.45, 7) is 2.52. The lowest BCUT2D eigenvalue weighted by Crippen LogP contribution is -2.24. The number of nitrogens with one attached hydrogen (secondary N) is 1. The first-order valence-corrected chi connectivity index (χ1v) is 8.93. The fourth-order valence-corrected chi connectivity index (χ4v) is 3.41. The smallest absolute Gasteiger partial charge is 0.224 e. The number of hydrogen-bond donors (Lipinski definition) is 1. The lowest BCUT2D eigenvalue weighted by molar-refractivity contribution is -0.120. The van der Waals surface area contributed by atoms with Crippen molar-refractivity contribution in [3.63, 3.8) is 0 Å². The molecule has 1 aromatic heterocycles. The molecule has 4 nitrogen and oxygen atoms in total. The van der Waals surface area contributed by atoms with Gasteiger partial charge in [0, 0.05) is 10.9 Å². The largest absolute Gasteiger partial charge is 0.497 e. The SMILES string of the molecule is COc1ccc(CC(=O)NCc2csc(-c3ccccc3C)n2)cc1. The Morgan fingerprint density at radius 2 is 1.92 bits per heavy atom. The summed E-state index contributed by atoms with van der Waals surface area (Å²) >= 11 is 1.60. The maximum Gasteiger partial charge on any atom is 0.224 e. The van der Waals surface area contributed by atoms with E-state index < -0.39 is 0 Å². The minimum atomic E-state index is -0.0180. The summed E-state index contributed by atoms with van der Waals surface area (Å²) in [6, 6.07) is 15.7. The third kappa shape index (κ3) is 4.45. The average Bonchev–Trinajstić information content (AvgIpc) is 3.10. The monoisotopic (exact) mass is 352 g/mol. The molecule has 0 aliphatic heterocycles. The predicted octanol–water partition coefficient (Wildman–Crippen LogP) is 3.99. The summed E-state index contributed by atoms with van der Waals surface area (Å²) < 4.78 is 5.12. The molecule has 3 rings (SSSR count). The van der Waals surface area contributed by atoms with Crippen LogP contribution in [0.5, 0.6) is 5.75 Å². The predicted molar refractivity (Wildman–Crippen MR) is 101 cm³/mol. The molecule has 1 amide bonds. The van der Waals surface area contributed by atoms with E-state index in [1.807, 2.05) is 41.8 Å². The highest BCUT2D eigenvalue weighted by Crippen LogP contribution is 2.26. The molecule has 0 bridgehead atoms. The highest BCUT2D eigenvalue weighted by molar-refractivity contribution is 7.13. The summed E-state index contributed by atoms with van der Waals surface area (Å²) in [5.41, 5.74) is 4.18. The maximum absolute atomic E-state index is 12.1. The topological polar surface area (TPSA) is 51.2 Å². The van der Waals surface area contributed by atoms with Crippen molar-refractivity contribution in [3.05, 3.63) is 70.7 Å². The van der Waals surface area contributed by atoms with Gasteiger partial charge in [0.15, 0.2) is 0 Å². The molecule has 0 saturated carbocycles. The van der Waals surface area contributed by atoms with E-state index >= 15 is 0 Å². The van der Waals surface area contributed by atoms with Crippen LogP contribution in [-0.2, 0) is 17.8 Å². The Bertz CT molecular complexity index is 856. The van der Waals surface area contributed by atoms with Gasteiger partial charge in [-0.05, 0) is 30.2 Å². The quantitative estimate of drug-likeness (QED) is 0.730. The molecule has 1 N–H and O–H groups in total. The second kappa shape index (κ2) is 7.94. The lowest BCUT2D eigenvalue weighted by Gasteiger charge is -2.05. The number of ether oxygens (including phenoxy) is 1. The molecule has 0 aliphatic carbocycles. The van der Waals surface area contributed by atoms with Gasteiger partial charge in [-0.2, -0.15) is 0 Å². The van der Waals surface area contributed by atoms with Crippen LogP contribution in [-0.4, -0.2) is 18.0 Å². The van der Waals surface area contributed by atoms with Gasteiger partial charge in [-0.15, -0.1) is 11.3 Å². The fourth-order valence-electron chi connectivity index (χ4n) is 2.51. The number of methoxy groups -OCH3 is 1. The number of thiazole rings is 1. The zero-order valence-electron chi connectivity index (χ0n) is 14.3. The van der Waals surface area contributed by atoms with Crippen molar-refractivity contribution in [2.24, 2.45) is 0 Å². The fraction of sp³-hybridized carbons (Fsp3) is 0.200. The number of rotatable bonds is 6. The number of hydrogen-bond acceptors (Lipinski definition) is 4. The lowest BCUT2D eigenvalue weighted by atomic mass is 10.1. The highest BCUT2D eigenvalue weighted by Gasteiger charge is 2.09. The van der Waals surface area contributed by atoms with Crippen LogP contribution in [0.2, 0.25) is 0 Å². The summed E-state index contributed by atoms with van der Waals surface area (Å²) in [5, 5.41) is 5.91. The van der Waals surface area contributed by atoms with E-state index in [-0.39, 0.29) is 5.91 Å². The van der Waals surface area contributed by atoms with Gasteiger partial charge in [-0.3, -0.25) is 4.79 Å². The molecule has 128 valence electrons. The molecule has 1 heterocycles. The van der Waals surface area contributed by atoms with Gasteiger partial charge in [0.25, 0.3) is 0 Å². The first-order chi connectivity index (χ1) is 12.2. The zero-order chi connectivity index (χ0) is 17.6. The maximum atomic E-state index is 12.1. The van der Waals surface area contributed by atoms with Crippen molar-refractivity contribution in [1.29, 1.82) is 0 Å². The summed E-state index contributed by atoms with van der Waals surface area (Å²) in [4.78, 5) is 16.7. The van der Waals surface area contributed by atoms with Gasteiger partial charge >= 0.3 is 0 Å². The van der Waals surface area contributed by atoms with Crippen molar-refractivity contribution in [1.82, 2.24) is 10.3 Å². The van der Waals surface area contributed by atoms with Gasteiger partial charge in [-0.1, -0.05) is 36.4 Å². The van der Waals surface area contributed by atoms with E-state index in [0.29, 0.717) is 13.0 Å². The zero-order valence-corrected chi connectivity index (χ0v) is 15.1. The van der Waals surface area contributed by atoms with E-state index in [2.05, 4.69) is 29.4 Å². The normalized spacial score (nSPS) is 10.5. The molecule has 0 fully saturated rings. The first-order valence-electron chi connectivity index (χ1n) is 8.06. The third-order valence-electron chi connectivity index (χ3n) is 3.92. The van der Waals surface area contributed by atoms with Crippen LogP contribution < -0.4 is 10.1 Å². The Labute approximate surface area is 151 Å². The van der Waals surface area contributed by atoms with Crippen LogP contribution in [0.4, 0.5) is 0 Å². The van der Waals surface area contributed by atoms with Crippen LogP contribution in [0.3, 0.4) is 0 Å². The van der Waals surface area contributed by atoms with Crippen LogP contribution in [0.25, 0.3) is 10.6 Å². The van der Waals surface area contributed by atoms with Gasteiger partial charge in [0.2, 0.25) is 5.91 Å². The van der Waals surface area contributed by atoms with Crippen molar-refractivity contribution >= 4 is 17.2 Å². The van der Waals surface area contributed by atoms with Crippen molar-refractivity contribution in [2.45, 2.75) is 19.9 Å². The van der Waals surface area contributed by atoms with Gasteiger partial charge in [0.1, 0.15) is 10.8 Å². The Morgan fingerprint density at radius 1 is 1.16 bits per heavy atom. The van der Waals surface area contributed by atoms with Crippen molar-refractivity contribution in [2.75, 3.05) is 7.11 Å². The van der Waals surface area contributed by atoms with E-state index in [4.69, 9.17) is 4.74 Å².